The zero-order chi connectivity index (χ0) is 32.1. The van der Waals surface area contributed by atoms with Crippen molar-refractivity contribution < 1.29 is 23.8 Å². The Morgan fingerprint density at radius 3 is 2.07 bits per heavy atom. The molecule has 1 N–H and O–H groups in total. The summed E-state index contributed by atoms with van der Waals surface area (Å²) in [6.07, 6.45) is 8.96. The van der Waals surface area contributed by atoms with Crippen LogP contribution in [0.15, 0.2) is 43.0 Å². The second-order valence-corrected chi connectivity index (χ2v) is 12.6. The van der Waals surface area contributed by atoms with E-state index in [1.165, 1.54) is 0 Å². The molecule has 0 aliphatic heterocycles. The molecule has 0 radical (unpaired) electrons. The van der Waals surface area contributed by atoms with Crippen LogP contribution in [0.4, 0.5) is 0 Å². The Kier molecular flexibility index (Phi) is 13.8. The summed E-state index contributed by atoms with van der Waals surface area (Å²) in [7, 11) is 1.81. The van der Waals surface area contributed by atoms with Crippen molar-refractivity contribution in [2.45, 2.75) is 111 Å². The Morgan fingerprint density at radius 2 is 1.50 bits per heavy atom. The molecular formula is C37H54N2O5. The van der Waals surface area contributed by atoms with Crippen molar-refractivity contribution in [3.8, 4) is 11.5 Å². The van der Waals surface area contributed by atoms with Crippen LogP contribution < -0.4 is 14.8 Å². The number of rotatable bonds is 18. The van der Waals surface area contributed by atoms with E-state index in [-0.39, 0.29) is 18.0 Å². The fourth-order valence-electron chi connectivity index (χ4n) is 5.21. The molecule has 242 valence electrons. The van der Waals surface area contributed by atoms with Gasteiger partial charge in [0.05, 0.1) is 18.8 Å². The van der Waals surface area contributed by atoms with E-state index >= 15 is 0 Å². The lowest BCUT2D eigenvalue weighted by Crippen LogP contribution is -2.49. The summed E-state index contributed by atoms with van der Waals surface area (Å²) in [5.41, 5.74) is 3.65. The highest BCUT2D eigenvalue weighted by atomic mass is 16.5. The number of allylic oxidation sites excluding steroid dienone is 1. The highest BCUT2D eigenvalue weighted by Gasteiger charge is 2.31. The van der Waals surface area contributed by atoms with Crippen molar-refractivity contribution in [3.63, 3.8) is 0 Å². The van der Waals surface area contributed by atoms with Crippen LogP contribution in [0.25, 0.3) is 5.57 Å². The highest BCUT2D eigenvalue weighted by molar-refractivity contribution is 5.98. The van der Waals surface area contributed by atoms with Crippen molar-refractivity contribution in [3.05, 3.63) is 65.2 Å². The third-order valence-corrected chi connectivity index (χ3v) is 8.14. The van der Waals surface area contributed by atoms with Gasteiger partial charge in [0, 0.05) is 31.8 Å². The molecule has 0 spiro atoms. The summed E-state index contributed by atoms with van der Waals surface area (Å²) in [4.78, 5) is 28.1. The number of unbranched alkanes of at least 4 members (excludes halogenated alkanes) is 2. The quantitative estimate of drug-likeness (QED) is 0.138. The summed E-state index contributed by atoms with van der Waals surface area (Å²) >= 11 is 0. The topological polar surface area (TPSA) is 77.1 Å². The minimum absolute atomic E-state index is 0.0680. The maximum absolute atomic E-state index is 13.7. The third kappa shape index (κ3) is 10.4. The lowest BCUT2D eigenvalue weighted by Gasteiger charge is -2.26. The number of hydrogen-bond donors (Lipinski definition) is 1. The van der Waals surface area contributed by atoms with E-state index in [1.807, 2.05) is 40.0 Å². The summed E-state index contributed by atoms with van der Waals surface area (Å²) < 4.78 is 17.9. The first-order valence-electron chi connectivity index (χ1n) is 16.4. The molecule has 0 atom stereocenters. The predicted octanol–water partition coefficient (Wildman–Crippen LogP) is 7.75. The van der Waals surface area contributed by atoms with Crippen LogP contribution in [0.5, 0.6) is 11.5 Å². The second-order valence-electron chi connectivity index (χ2n) is 12.6. The van der Waals surface area contributed by atoms with Gasteiger partial charge in [-0.25, -0.2) is 0 Å². The number of amides is 1. The Balaban J connectivity index is 1.63. The minimum Gasteiger partial charge on any atom is -0.493 e. The van der Waals surface area contributed by atoms with Gasteiger partial charge in [-0.2, -0.15) is 0 Å². The molecule has 0 saturated heterocycles. The molecule has 7 nitrogen and oxygen atoms in total. The smallest absolute Gasteiger partial charge is 0.326 e. The molecule has 1 amide bonds. The Labute approximate surface area is 265 Å². The lowest BCUT2D eigenvalue weighted by atomic mass is 10.0. The van der Waals surface area contributed by atoms with Crippen LogP contribution in [0.2, 0.25) is 0 Å². The van der Waals surface area contributed by atoms with Gasteiger partial charge in [-0.05, 0) is 88.5 Å². The number of nitrogens with zero attached hydrogens (tertiary/aromatic N) is 1. The SMILES string of the molecule is C=C(C)c1cc(C(=O)N(C)Cc2ccc(CCNC(C)(C)C(=O)OC3CCCC3)cc2)c(OCCCC)cc1OCCCC. The Hall–Kier alpha value is -3.32. The van der Waals surface area contributed by atoms with Gasteiger partial charge < -0.3 is 24.4 Å². The van der Waals surface area contributed by atoms with Crippen LogP contribution >= 0.6 is 0 Å². The van der Waals surface area contributed by atoms with Crippen molar-refractivity contribution in [2.24, 2.45) is 0 Å². The van der Waals surface area contributed by atoms with Gasteiger partial charge in [0.15, 0.2) is 0 Å². The molecule has 1 aliphatic carbocycles. The number of carbonyl (C=O) groups is 2. The third-order valence-electron chi connectivity index (χ3n) is 8.14. The average molecular weight is 607 g/mol. The van der Waals surface area contributed by atoms with Gasteiger partial charge in [-0.3, -0.25) is 9.59 Å². The molecule has 2 aromatic carbocycles. The average Bonchev–Trinajstić information content (AvgIpc) is 3.51. The Bertz CT molecular complexity index is 1230. The molecule has 1 aliphatic rings. The normalized spacial score (nSPS) is 13.5. The van der Waals surface area contributed by atoms with Gasteiger partial charge >= 0.3 is 5.97 Å². The van der Waals surface area contributed by atoms with Gasteiger partial charge in [-0.15, -0.1) is 0 Å². The summed E-state index contributed by atoms with van der Waals surface area (Å²) in [5, 5.41) is 3.36. The minimum atomic E-state index is -0.728. The zero-order valence-electron chi connectivity index (χ0n) is 27.9. The van der Waals surface area contributed by atoms with E-state index < -0.39 is 5.54 Å². The number of carbonyl (C=O) groups excluding carboxylic acids is 2. The largest absolute Gasteiger partial charge is 0.493 e. The zero-order valence-corrected chi connectivity index (χ0v) is 27.9. The van der Waals surface area contributed by atoms with Gasteiger partial charge in [0.25, 0.3) is 5.91 Å². The van der Waals surface area contributed by atoms with E-state index in [1.54, 1.807) is 4.90 Å². The van der Waals surface area contributed by atoms with Crippen molar-refractivity contribution >= 4 is 17.4 Å². The summed E-state index contributed by atoms with van der Waals surface area (Å²) in [6, 6.07) is 12.0. The standard InChI is InChI=1S/C37H54N2O5/c1-8-10-22-42-33-25-34(43-23-11-9-2)32(24-31(33)27(3)4)35(40)39(7)26-29-18-16-28(17-19-29)20-21-38-37(5,6)36(41)44-30-14-12-13-15-30/h16-19,24-25,30,38H,3,8-15,20-23,26H2,1-2,4-7H3. The molecule has 3 rings (SSSR count). The van der Waals surface area contributed by atoms with Crippen LogP contribution in [-0.4, -0.2) is 55.2 Å². The number of nitrogens with one attached hydrogen (secondary N) is 1. The molecule has 0 aromatic heterocycles. The van der Waals surface area contributed by atoms with Gasteiger partial charge in [0.2, 0.25) is 0 Å². The molecule has 0 heterocycles. The maximum Gasteiger partial charge on any atom is 0.326 e. The van der Waals surface area contributed by atoms with Crippen LogP contribution in [-0.2, 0) is 22.5 Å². The Morgan fingerprint density at radius 1 is 0.932 bits per heavy atom. The van der Waals surface area contributed by atoms with Crippen molar-refractivity contribution in [1.29, 1.82) is 0 Å². The van der Waals surface area contributed by atoms with Crippen molar-refractivity contribution in [1.82, 2.24) is 10.2 Å². The first-order valence-corrected chi connectivity index (χ1v) is 16.4. The summed E-state index contributed by atoms with van der Waals surface area (Å²) in [5.74, 6) is 0.958. The molecule has 1 fully saturated rings. The molecule has 0 unspecified atom stereocenters. The second kappa shape index (κ2) is 17.2. The fourth-order valence-corrected chi connectivity index (χ4v) is 5.21. The summed E-state index contributed by atoms with van der Waals surface area (Å²) in [6.45, 7) is 16.3. The number of hydrogen-bond acceptors (Lipinski definition) is 6. The van der Waals surface area contributed by atoms with E-state index in [0.29, 0.717) is 43.4 Å². The highest BCUT2D eigenvalue weighted by Crippen LogP contribution is 2.34. The van der Waals surface area contributed by atoms with Gasteiger partial charge in [0.1, 0.15) is 23.1 Å². The number of esters is 1. The fraction of sp³-hybridized carbons (Fsp3) is 0.568. The predicted molar refractivity (Wildman–Crippen MR) is 178 cm³/mol. The molecule has 44 heavy (non-hydrogen) atoms. The first kappa shape index (κ1) is 35.2. The van der Waals surface area contributed by atoms with Gasteiger partial charge in [-0.1, -0.05) is 57.5 Å². The van der Waals surface area contributed by atoms with E-state index in [9.17, 15) is 9.59 Å². The van der Waals surface area contributed by atoms with E-state index in [2.05, 4.69) is 50.0 Å². The number of benzene rings is 2. The number of ether oxygens (including phenoxy) is 3. The molecule has 7 heteroatoms. The molecule has 0 bridgehead atoms. The van der Waals surface area contributed by atoms with Crippen LogP contribution in [0.1, 0.15) is 113 Å². The molecule has 1 saturated carbocycles. The van der Waals surface area contributed by atoms with Crippen LogP contribution in [0.3, 0.4) is 0 Å². The first-order chi connectivity index (χ1) is 21.1. The van der Waals surface area contributed by atoms with Crippen LogP contribution in [0, 0.1) is 0 Å². The maximum atomic E-state index is 13.7. The van der Waals surface area contributed by atoms with E-state index in [0.717, 1.165) is 80.1 Å². The lowest BCUT2D eigenvalue weighted by molar-refractivity contribution is -0.155. The monoisotopic (exact) mass is 606 g/mol. The van der Waals surface area contributed by atoms with E-state index in [4.69, 9.17) is 14.2 Å². The molecule has 2 aromatic rings. The molecular weight excluding hydrogens is 552 g/mol. The van der Waals surface area contributed by atoms with Crippen molar-refractivity contribution in [2.75, 3.05) is 26.8 Å².